The number of hydrogen-bond acceptors (Lipinski definition) is 10. The first-order chi connectivity index (χ1) is 30.1. The van der Waals surface area contributed by atoms with Gasteiger partial charge in [-0.05, 0) is 179 Å². The van der Waals surface area contributed by atoms with Crippen LogP contribution in [0.5, 0.6) is 0 Å². The van der Waals surface area contributed by atoms with Crippen LogP contribution >= 0.6 is 0 Å². The normalized spacial score (nSPS) is 52.9. The summed E-state index contributed by atoms with van der Waals surface area (Å²) in [7, 11) is 3.61. The minimum absolute atomic E-state index is 0.0143. The molecule has 6 saturated carbocycles. The van der Waals surface area contributed by atoms with Crippen molar-refractivity contribution in [1.82, 2.24) is 10.6 Å². The van der Waals surface area contributed by atoms with E-state index in [9.17, 15) is 15.0 Å². The molecule has 8 fully saturated rings. The lowest BCUT2D eigenvalue weighted by atomic mass is 9.45. The third-order valence-corrected chi connectivity index (χ3v) is 20.0. The Hall–Kier alpha value is -1.55. The molecule has 3 heterocycles. The second-order valence-corrected chi connectivity index (χ2v) is 22.8. The molecule has 18 unspecified atom stereocenters. The molecule has 3 aliphatic heterocycles. The summed E-state index contributed by atoms with van der Waals surface area (Å²) in [5, 5.41) is 30.8. The van der Waals surface area contributed by atoms with E-state index in [2.05, 4.69) is 41.6 Å². The summed E-state index contributed by atoms with van der Waals surface area (Å²) in [6.07, 6.45) is 22.1. The number of fused-ring (bicyclic) bond motifs is 7. The molecule has 10 heteroatoms. The van der Waals surface area contributed by atoms with Crippen LogP contribution in [-0.2, 0) is 23.7 Å². The molecule has 0 aromatic rings. The Morgan fingerprint density at radius 3 is 2.50 bits per heavy atom. The van der Waals surface area contributed by atoms with Crippen LogP contribution < -0.4 is 16.4 Å². The van der Waals surface area contributed by atoms with Gasteiger partial charge in [0.15, 0.2) is 0 Å². The first-order valence-electron chi connectivity index (χ1n) is 25.7. The number of aliphatic hydroxyl groups excluding tert-OH is 2. The van der Waals surface area contributed by atoms with Crippen molar-refractivity contribution in [1.29, 1.82) is 0 Å². The van der Waals surface area contributed by atoms with Crippen molar-refractivity contribution in [3.8, 4) is 11.8 Å². The Balaban J connectivity index is 1.10. The largest absolute Gasteiger partial charge is 0.465 e. The standard InChI is InChI=1S/C52H81N3O7/c1-5-54-40-11-7-6-9-30(40)19-31-13-14-32-22-45(53)55-41-12-8-10-29-21-42(58)43(59-3)24-38(29)50-39(27-61-28(2)56)36-15-16-37-47-34(20-35(57)23-44(47)60-4)26-52(49(37)51(36)62-50)18-17-33(25-52)46(31)48(32)41/h13-14,29-51,54-55,57-58H,5-7,9-11,15-27,53H2,1-4H3/t29?,30?,31-,32?,33+,34?,35?,36?,37?,38?,39+,40?,41?,42?,43?,44?,45?,46+,47?,48?,49?,50-,51?,52+/m1/s1. The third kappa shape index (κ3) is 7.98. The number of rotatable bonds is 8. The molecule has 0 radical (unpaired) electrons. The highest BCUT2D eigenvalue weighted by molar-refractivity contribution is 5.65. The summed E-state index contributed by atoms with van der Waals surface area (Å²) in [5.41, 5.74) is 7.00. The van der Waals surface area contributed by atoms with Crippen molar-refractivity contribution < 1.29 is 34.0 Å². The molecular weight excluding hydrogens is 779 g/mol. The van der Waals surface area contributed by atoms with E-state index in [0.717, 1.165) is 45.1 Å². The van der Waals surface area contributed by atoms with Crippen molar-refractivity contribution >= 4 is 5.97 Å². The highest BCUT2D eigenvalue weighted by atomic mass is 16.5. The van der Waals surface area contributed by atoms with Gasteiger partial charge < -0.3 is 40.2 Å². The van der Waals surface area contributed by atoms with E-state index in [1.807, 2.05) is 7.11 Å². The quantitative estimate of drug-likeness (QED) is 0.109. The molecule has 62 heavy (non-hydrogen) atoms. The van der Waals surface area contributed by atoms with Crippen LogP contribution in [0.2, 0.25) is 0 Å². The lowest BCUT2D eigenvalue weighted by molar-refractivity contribution is -0.194. The summed E-state index contributed by atoms with van der Waals surface area (Å²) < 4.78 is 26.2. The van der Waals surface area contributed by atoms with Gasteiger partial charge in [-0.3, -0.25) is 10.1 Å². The van der Waals surface area contributed by atoms with Crippen molar-refractivity contribution in [3.63, 3.8) is 0 Å². The fourth-order valence-electron chi connectivity index (χ4n) is 18.0. The van der Waals surface area contributed by atoms with E-state index >= 15 is 0 Å². The SMILES string of the molecule is CCNC1CCCCC1C[C@H]1C=CC2CC(N)NC3C#CCC4CC(O)C(OC)CC4[C@H]4OC5C(CCC6C7C(CC(O)CC7OC)C[C@@]7(CC[C@@H](C7)[C@H]1C23)C65)[C@@H]4COC(C)=O. The molecule has 346 valence electrons. The molecule has 10 aliphatic rings. The van der Waals surface area contributed by atoms with E-state index in [1.54, 1.807) is 7.11 Å². The third-order valence-electron chi connectivity index (χ3n) is 20.0. The Morgan fingerprint density at radius 1 is 0.887 bits per heavy atom. The van der Waals surface area contributed by atoms with Crippen LogP contribution in [0.4, 0.5) is 0 Å². The van der Waals surface area contributed by atoms with E-state index in [4.69, 9.17) is 24.7 Å². The predicted octanol–water partition coefficient (Wildman–Crippen LogP) is 6.22. The van der Waals surface area contributed by atoms with Crippen LogP contribution in [0.1, 0.15) is 123 Å². The number of nitrogens with one attached hydrogen (secondary N) is 2. The zero-order valence-electron chi connectivity index (χ0n) is 38.4. The fraction of sp³-hybridized carbons (Fsp3) is 0.904. The number of methoxy groups -OCH3 is 2. The Kier molecular flexibility index (Phi) is 13.0. The number of nitrogens with two attached hydrogens (primary N) is 1. The minimum Gasteiger partial charge on any atom is -0.465 e. The van der Waals surface area contributed by atoms with Gasteiger partial charge in [0, 0.05) is 39.5 Å². The van der Waals surface area contributed by atoms with Gasteiger partial charge in [-0.1, -0.05) is 37.8 Å². The van der Waals surface area contributed by atoms with E-state index in [0.29, 0.717) is 97.0 Å². The number of carbonyl (C=O) groups is 1. The highest BCUT2D eigenvalue weighted by Crippen LogP contribution is 2.69. The maximum Gasteiger partial charge on any atom is 0.302 e. The predicted molar refractivity (Wildman–Crippen MR) is 238 cm³/mol. The zero-order valence-corrected chi connectivity index (χ0v) is 38.4. The van der Waals surface area contributed by atoms with Gasteiger partial charge in [0.2, 0.25) is 0 Å². The first kappa shape index (κ1) is 44.3. The monoisotopic (exact) mass is 860 g/mol. The number of carbonyl (C=O) groups excluding carboxylic acids is 1. The van der Waals surface area contributed by atoms with Gasteiger partial charge >= 0.3 is 5.97 Å². The van der Waals surface area contributed by atoms with Crippen molar-refractivity contribution in [2.45, 2.75) is 178 Å². The molecule has 24 atom stereocenters. The minimum atomic E-state index is -0.558. The van der Waals surface area contributed by atoms with Crippen LogP contribution in [0, 0.1) is 100 Å². The number of piperidine rings is 1. The summed E-state index contributed by atoms with van der Waals surface area (Å²) in [6, 6.07) is 0.608. The highest BCUT2D eigenvalue weighted by Gasteiger charge is 2.67. The smallest absolute Gasteiger partial charge is 0.302 e. The Morgan fingerprint density at radius 2 is 1.69 bits per heavy atom. The Labute approximate surface area is 372 Å². The summed E-state index contributed by atoms with van der Waals surface area (Å²) >= 11 is 0. The molecule has 0 amide bonds. The molecular formula is C52H81N3O7. The van der Waals surface area contributed by atoms with Gasteiger partial charge in [-0.2, -0.15) is 0 Å². The molecule has 0 aromatic carbocycles. The van der Waals surface area contributed by atoms with Crippen LogP contribution in [-0.4, -0.2) is 98.4 Å². The van der Waals surface area contributed by atoms with Gasteiger partial charge in [0.25, 0.3) is 0 Å². The number of ether oxygens (including phenoxy) is 4. The average molecular weight is 860 g/mol. The van der Waals surface area contributed by atoms with Crippen molar-refractivity contribution in [2.75, 3.05) is 27.4 Å². The topological polar surface area (TPSA) is 145 Å². The summed E-state index contributed by atoms with van der Waals surface area (Å²) in [4.78, 5) is 12.6. The fourth-order valence-corrected chi connectivity index (χ4v) is 18.0. The number of aliphatic hydroxyl groups is 2. The molecule has 10 nitrogen and oxygen atoms in total. The molecule has 0 aromatic heterocycles. The molecule has 6 N–H and O–H groups in total. The van der Waals surface area contributed by atoms with E-state index < -0.39 is 6.10 Å². The second-order valence-electron chi connectivity index (χ2n) is 22.8. The number of hydrogen-bond donors (Lipinski definition) is 5. The zero-order chi connectivity index (χ0) is 42.9. The lowest BCUT2D eigenvalue weighted by Crippen LogP contribution is -2.60. The maximum atomic E-state index is 12.6. The van der Waals surface area contributed by atoms with Gasteiger partial charge in [0.05, 0.1) is 55.4 Å². The molecule has 10 rings (SSSR count). The Bertz CT molecular complexity index is 1680. The maximum absolute atomic E-state index is 12.6. The van der Waals surface area contributed by atoms with Crippen LogP contribution in [0.3, 0.4) is 0 Å². The summed E-state index contributed by atoms with van der Waals surface area (Å²) in [6.45, 7) is 5.21. The van der Waals surface area contributed by atoms with Gasteiger partial charge in [0.1, 0.15) is 0 Å². The lowest BCUT2D eigenvalue weighted by Gasteiger charge is -2.61. The summed E-state index contributed by atoms with van der Waals surface area (Å²) in [5.74, 6) is 12.9. The van der Waals surface area contributed by atoms with Crippen molar-refractivity contribution in [3.05, 3.63) is 12.2 Å². The van der Waals surface area contributed by atoms with Gasteiger partial charge in [-0.25, -0.2) is 0 Å². The van der Waals surface area contributed by atoms with E-state index in [-0.39, 0.29) is 71.9 Å². The van der Waals surface area contributed by atoms with E-state index in [1.165, 1.54) is 58.3 Å². The molecule has 2 saturated heterocycles. The van der Waals surface area contributed by atoms with Gasteiger partial charge in [-0.15, -0.1) is 5.92 Å². The number of allylic oxidation sites excluding steroid dienone is 2. The molecule has 4 bridgehead atoms. The molecule has 1 spiro atoms. The molecule has 7 aliphatic carbocycles. The first-order valence-corrected chi connectivity index (χ1v) is 25.7. The average Bonchev–Trinajstić information content (AvgIpc) is 3.84. The second kappa shape index (κ2) is 18.3. The van der Waals surface area contributed by atoms with Crippen LogP contribution in [0.25, 0.3) is 0 Å². The van der Waals surface area contributed by atoms with Crippen molar-refractivity contribution in [2.24, 2.45) is 94.0 Å². The number of esters is 1. The van der Waals surface area contributed by atoms with Crippen LogP contribution in [0.15, 0.2) is 12.2 Å².